The van der Waals surface area contributed by atoms with Crippen LogP contribution in [0.25, 0.3) is 10.9 Å². The van der Waals surface area contributed by atoms with Crippen LogP contribution in [0.4, 0.5) is 0 Å². The van der Waals surface area contributed by atoms with Gasteiger partial charge in [-0.05, 0) is 64.1 Å². The van der Waals surface area contributed by atoms with E-state index in [9.17, 15) is 0 Å². The van der Waals surface area contributed by atoms with Crippen LogP contribution in [-0.4, -0.2) is 28.9 Å². The second-order valence-electron chi connectivity index (χ2n) is 6.53. The number of hydrogen-bond acceptors (Lipinski definition) is 3. The maximum atomic E-state index is 6.37. The minimum atomic E-state index is 0.325. The van der Waals surface area contributed by atoms with Gasteiger partial charge >= 0.3 is 0 Å². The Morgan fingerprint density at radius 1 is 1.36 bits per heavy atom. The largest absolute Gasteiger partial charge is 0.490 e. The number of fused-ring (bicyclic) bond motifs is 1. The molecule has 1 aliphatic carbocycles. The van der Waals surface area contributed by atoms with E-state index in [2.05, 4.69) is 42.4 Å². The van der Waals surface area contributed by atoms with Crippen molar-refractivity contribution in [2.24, 2.45) is 0 Å². The number of nitrogens with zero attached hydrogens (tertiary/aromatic N) is 1. The molecule has 4 nitrogen and oxygen atoms in total. The molecule has 4 heteroatoms. The molecule has 1 heterocycles. The summed E-state index contributed by atoms with van der Waals surface area (Å²) < 4.78 is 6.37. The zero-order valence-electron chi connectivity index (χ0n) is 13.9. The van der Waals surface area contributed by atoms with Gasteiger partial charge in [0.15, 0.2) is 0 Å². The number of nitrogens with one attached hydrogen (secondary N) is 2. The molecule has 0 amide bonds. The van der Waals surface area contributed by atoms with Crippen molar-refractivity contribution in [3.63, 3.8) is 0 Å². The number of aromatic amines is 1. The lowest BCUT2D eigenvalue weighted by Crippen LogP contribution is -2.38. The van der Waals surface area contributed by atoms with Gasteiger partial charge in [-0.1, -0.05) is 6.92 Å². The Kier molecular flexibility index (Phi) is 4.67. The standard InChI is InChI=1S/C18H27N3O/c1-4-8-19-14-6-5-7-15(10-14)22-17-9-12(2)18-16(13(17)3)11-20-21-18/h9,11,14-15,19H,4-8,10H2,1-3H3,(H,20,21)/t14-,15+/m0/s1. The minimum absolute atomic E-state index is 0.325. The smallest absolute Gasteiger partial charge is 0.123 e. The number of aromatic nitrogens is 2. The van der Waals surface area contributed by atoms with E-state index in [4.69, 9.17) is 4.74 Å². The van der Waals surface area contributed by atoms with Crippen LogP contribution in [0.2, 0.25) is 0 Å². The van der Waals surface area contributed by atoms with Crippen molar-refractivity contribution in [3.05, 3.63) is 23.4 Å². The second kappa shape index (κ2) is 6.69. The molecule has 3 rings (SSSR count). The third-order valence-electron chi connectivity index (χ3n) is 4.76. The van der Waals surface area contributed by atoms with Gasteiger partial charge in [-0.2, -0.15) is 5.10 Å². The van der Waals surface area contributed by atoms with E-state index >= 15 is 0 Å². The van der Waals surface area contributed by atoms with Gasteiger partial charge in [0.1, 0.15) is 11.9 Å². The lowest BCUT2D eigenvalue weighted by Gasteiger charge is -2.31. The van der Waals surface area contributed by atoms with E-state index < -0.39 is 0 Å². The van der Waals surface area contributed by atoms with E-state index in [1.165, 1.54) is 35.8 Å². The summed E-state index contributed by atoms with van der Waals surface area (Å²) in [5, 5.41) is 12.1. The highest BCUT2D eigenvalue weighted by Crippen LogP contribution is 2.32. The molecule has 2 N–H and O–H groups in total. The van der Waals surface area contributed by atoms with E-state index in [0.717, 1.165) is 30.7 Å². The molecule has 1 fully saturated rings. The summed E-state index contributed by atoms with van der Waals surface area (Å²) in [6.45, 7) is 7.56. The van der Waals surface area contributed by atoms with Crippen LogP contribution in [0.5, 0.6) is 5.75 Å². The Labute approximate surface area is 132 Å². The monoisotopic (exact) mass is 301 g/mol. The van der Waals surface area contributed by atoms with Crippen molar-refractivity contribution in [2.75, 3.05) is 6.54 Å². The maximum Gasteiger partial charge on any atom is 0.123 e. The fraction of sp³-hybridized carbons (Fsp3) is 0.611. The van der Waals surface area contributed by atoms with E-state index in [1.54, 1.807) is 0 Å². The average molecular weight is 301 g/mol. The van der Waals surface area contributed by atoms with Crippen LogP contribution in [0.3, 0.4) is 0 Å². The molecule has 0 spiro atoms. The van der Waals surface area contributed by atoms with Crippen molar-refractivity contribution in [1.82, 2.24) is 15.5 Å². The number of rotatable bonds is 5. The maximum absolute atomic E-state index is 6.37. The molecule has 1 aromatic carbocycles. The van der Waals surface area contributed by atoms with E-state index in [0.29, 0.717) is 12.1 Å². The molecular weight excluding hydrogens is 274 g/mol. The highest BCUT2D eigenvalue weighted by atomic mass is 16.5. The number of ether oxygens (including phenoxy) is 1. The van der Waals surface area contributed by atoms with E-state index in [1.807, 2.05) is 6.20 Å². The van der Waals surface area contributed by atoms with Crippen LogP contribution in [0.15, 0.2) is 12.3 Å². The van der Waals surface area contributed by atoms with Crippen molar-refractivity contribution in [1.29, 1.82) is 0 Å². The first-order valence-electron chi connectivity index (χ1n) is 8.52. The molecule has 1 saturated carbocycles. The Morgan fingerprint density at radius 3 is 3.05 bits per heavy atom. The zero-order valence-corrected chi connectivity index (χ0v) is 13.9. The normalized spacial score (nSPS) is 22.1. The van der Waals surface area contributed by atoms with Gasteiger partial charge in [0.25, 0.3) is 0 Å². The first-order valence-corrected chi connectivity index (χ1v) is 8.52. The predicted octanol–water partition coefficient (Wildman–Crippen LogP) is 3.87. The number of H-pyrrole nitrogens is 1. The Morgan fingerprint density at radius 2 is 2.23 bits per heavy atom. The van der Waals surface area contributed by atoms with Crippen LogP contribution >= 0.6 is 0 Å². The van der Waals surface area contributed by atoms with Gasteiger partial charge in [-0.3, -0.25) is 5.10 Å². The molecule has 0 saturated heterocycles. The molecule has 0 unspecified atom stereocenters. The van der Waals surface area contributed by atoms with Gasteiger partial charge in [0.05, 0.1) is 11.7 Å². The Balaban J connectivity index is 1.74. The van der Waals surface area contributed by atoms with Gasteiger partial charge in [-0.25, -0.2) is 0 Å². The SMILES string of the molecule is CCCN[C@H]1CCC[C@@H](Oc2cc(C)c3[nH]ncc3c2C)C1. The van der Waals surface area contributed by atoms with Crippen LogP contribution in [0, 0.1) is 13.8 Å². The molecule has 0 bridgehead atoms. The summed E-state index contributed by atoms with van der Waals surface area (Å²) in [5.74, 6) is 1.02. The summed E-state index contributed by atoms with van der Waals surface area (Å²) >= 11 is 0. The number of benzene rings is 1. The summed E-state index contributed by atoms with van der Waals surface area (Å²) in [6.07, 6.45) is 8.21. The van der Waals surface area contributed by atoms with Crippen LogP contribution in [-0.2, 0) is 0 Å². The Bertz CT molecular complexity index is 635. The van der Waals surface area contributed by atoms with Crippen molar-refractivity contribution < 1.29 is 4.74 Å². The van der Waals surface area contributed by atoms with Gasteiger partial charge in [0, 0.05) is 17.0 Å². The van der Waals surface area contributed by atoms with Gasteiger partial charge in [0.2, 0.25) is 0 Å². The molecule has 2 aromatic rings. The van der Waals surface area contributed by atoms with Crippen LogP contribution in [0.1, 0.15) is 50.2 Å². The van der Waals surface area contributed by atoms with Crippen molar-refractivity contribution in [2.45, 2.75) is 65.0 Å². The van der Waals surface area contributed by atoms with E-state index in [-0.39, 0.29) is 0 Å². The highest BCUT2D eigenvalue weighted by molar-refractivity contribution is 5.86. The first-order chi connectivity index (χ1) is 10.7. The second-order valence-corrected chi connectivity index (χ2v) is 6.53. The topological polar surface area (TPSA) is 49.9 Å². The quantitative estimate of drug-likeness (QED) is 0.881. The number of aryl methyl sites for hydroxylation is 2. The summed E-state index contributed by atoms with van der Waals surface area (Å²) in [5.41, 5.74) is 3.51. The fourth-order valence-electron chi connectivity index (χ4n) is 3.47. The molecule has 0 radical (unpaired) electrons. The predicted molar refractivity (Wildman–Crippen MR) is 90.5 cm³/mol. The molecule has 120 valence electrons. The first kappa shape index (κ1) is 15.3. The van der Waals surface area contributed by atoms with Crippen molar-refractivity contribution in [3.8, 4) is 5.75 Å². The van der Waals surface area contributed by atoms with Gasteiger partial charge in [-0.15, -0.1) is 0 Å². The summed E-state index contributed by atoms with van der Waals surface area (Å²) in [6, 6.07) is 2.76. The lowest BCUT2D eigenvalue weighted by molar-refractivity contribution is 0.134. The minimum Gasteiger partial charge on any atom is -0.490 e. The summed E-state index contributed by atoms with van der Waals surface area (Å²) in [4.78, 5) is 0. The molecule has 1 aromatic heterocycles. The average Bonchev–Trinajstić information content (AvgIpc) is 3.01. The molecule has 0 aliphatic heterocycles. The zero-order chi connectivity index (χ0) is 15.5. The summed E-state index contributed by atoms with van der Waals surface area (Å²) in [7, 11) is 0. The van der Waals surface area contributed by atoms with Crippen molar-refractivity contribution >= 4 is 10.9 Å². The number of hydrogen-bond donors (Lipinski definition) is 2. The Hall–Kier alpha value is -1.55. The molecular formula is C18H27N3O. The molecule has 22 heavy (non-hydrogen) atoms. The fourth-order valence-corrected chi connectivity index (χ4v) is 3.47. The lowest BCUT2D eigenvalue weighted by atomic mass is 9.92. The van der Waals surface area contributed by atoms with Gasteiger partial charge < -0.3 is 10.1 Å². The van der Waals surface area contributed by atoms with Crippen LogP contribution < -0.4 is 10.1 Å². The highest BCUT2D eigenvalue weighted by Gasteiger charge is 2.23. The molecule has 1 aliphatic rings. The molecule has 2 atom stereocenters. The third-order valence-corrected chi connectivity index (χ3v) is 4.76. The third kappa shape index (κ3) is 3.12.